The lowest BCUT2D eigenvalue weighted by Crippen LogP contribution is -2.31. The molecule has 0 saturated heterocycles. The van der Waals surface area contributed by atoms with E-state index in [2.05, 4.69) is 20.9 Å². The molecule has 0 fully saturated rings. The van der Waals surface area contributed by atoms with Crippen LogP contribution in [0.15, 0.2) is 9.98 Å². The van der Waals surface area contributed by atoms with Gasteiger partial charge < -0.3 is 10.8 Å². The van der Waals surface area contributed by atoms with Gasteiger partial charge in [-0.15, -0.1) is 11.3 Å². The average molecular weight is 237 g/mol. The van der Waals surface area contributed by atoms with Crippen LogP contribution in [-0.4, -0.2) is 16.6 Å². The van der Waals surface area contributed by atoms with E-state index in [1.54, 1.807) is 6.92 Å². The fourth-order valence-corrected chi connectivity index (χ4v) is 1.91. The Morgan fingerprint density at radius 1 is 1.91 bits per heavy atom. The molecule has 0 amide bonds. The molecule has 3 nitrogen and oxygen atoms in total. The fourth-order valence-electron chi connectivity index (χ4n) is 0.589. The zero-order valence-corrected chi connectivity index (χ0v) is 8.44. The highest BCUT2D eigenvalue weighted by molar-refractivity contribution is 9.10. The third kappa shape index (κ3) is 1.99. The van der Waals surface area contributed by atoms with Gasteiger partial charge in [-0.05, 0) is 22.9 Å². The molecule has 0 radical (unpaired) electrons. The van der Waals surface area contributed by atoms with Crippen LogP contribution in [0.2, 0.25) is 0 Å². The normalized spacial score (nSPS) is 16.4. The van der Waals surface area contributed by atoms with Crippen LogP contribution in [0.4, 0.5) is 0 Å². The Balaban J connectivity index is 2.92. The van der Waals surface area contributed by atoms with E-state index in [9.17, 15) is 5.11 Å². The van der Waals surface area contributed by atoms with Crippen LogP contribution in [-0.2, 0) is 5.60 Å². The van der Waals surface area contributed by atoms with Gasteiger partial charge in [-0.25, -0.2) is 4.98 Å². The number of nitrogens with two attached hydrogens (primary N) is 1. The van der Waals surface area contributed by atoms with Crippen molar-refractivity contribution in [2.45, 2.75) is 12.5 Å². The van der Waals surface area contributed by atoms with Crippen LogP contribution < -0.4 is 5.73 Å². The summed E-state index contributed by atoms with van der Waals surface area (Å²) in [7, 11) is 0. The number of hydrogen-bond acceptors (Lipinski definition) is 4. The van der Waals surface area contributed by atoms with Crippen LogP contribution in [0.3, 0.4) is 0 Å². The second kappa shape index (κ2) is 3.18. The molecule has 0 aliphatic carbocycles. The van der Waals surface area contributed by atoms with E-state index < -0.39 is 5.60 Å². The van der Waals surface area contributed by atoms with Gasteiger partial charge in [0.15, 0.2) is 0 Å². The van der Waals surface area contributed by atoms with E-state index in [1.165, 1.54) is 11.3 Å². The van der Waals surface area contributed by atoms with E-state index >= 15 is 0 Å². The lowest BCUT2D eigenvalue weighted by Gasteiger charge is -2.16. The molecule has 1 aromatic rings. The van der Waals surface area contributed by atoms with Crippen molar-refractivity contribution in [3.05, 3.63) is 15.0 Å². The van der Waals surface area contributed by atoms with Crippen molar-refractivity contribution >= 4 is 27.3 Å². The largest absolute Gasteiger partial charge is 0.382 e. The van der Waals surface area contributed by atoms with Gasteiger partial charge in [0.1, 0.15) is 15.2 Å². The summed E-state index contributed by atoms with van der Waals surface area (Å²) in [5.74, 6) is 0. The molecule has 3 N–H and O–H groups in total. The van der Waals surface area contributed by atoms with Crippen molar-refractivity contribution in [2.24, 2.45) is 5.73 Å². The maximum absolute atomic E-state index is 9.61. The van der Waals surface area contributed by atoms with Gasteiger partial charge in [0.2, 0.25) is 0 Å². The Morgan fingerprint density at radius 2 is 2.55 bits per heavy atom. The SMILES string of the molecule is CC(O)(CN)c1nc(Br)cs1. The van der Waals surface area contributed by atoms with E-state index in [0.29, 0.717) is 5.01 Å². The minimum Gasteiger partial charge on any atom is -0.382 e. The van der Waals surface area contributed by atoms with Gasteiger partial charge in [-0.3, -0.25) is 0 Å². The molecule has 11 heavy (non-hydrogen) atoms. The lowest BCUT2D eigenvalue weighted by molar-refractivity contribution is 0.0664. The predicted molar refractivity (Wildman–Crippen MR) is 48.4 cm³/mol. The number of halogens is 1. The summed E-state index contributed by atoms with van der Waals surface area (Å²) in [5, 5.41) is 12.1. The number of rotatable bonds is 2. The summed E-state index contributed by atoms with van der Waals surface area (Å²) in [6.07, 6.45) is 0. The average Bonchev–Trinajstić information content (AvgIpc) is 2.36. The van der Waals surface area contributed by atoms with Crippen molar-refractivity contribution in [3.63, 3.8) is 0 Å². The molecule has 0 aliphatic rings. The standard InChI is InChI=1S/C6H9BrN2OS/c1-6(10,3-8)5-9-4(7)2-11-5/h2,10H,3,8H2,1H3. The monoisotopic (exact) mass is 236 g/mol. The molecule has 0 spiro atoms. The molecule has 1 aromatic heterocycles. The summed E-state index contributed by atoms with van der Waals surface area (Å²) in [5.41, 5.74) is 4.36. The molecule has 0 aliphatic heterocycles. The minimum absolute atomic E-state index is 0.187. The molecule has 1 atom stereocenters. The third-order valence-electron chi connectivity index (χ3n) is 1.33. The van der Waals surface area contributed by atoms with Crippen molar-refractivity contribution in [2.75, 3.05) is 6.54 Å². The Bertz CT molecular complexity index is 248. The Kier molecular flexibility index (Phi) is 2.64. The first-order valence-electron chi connectivity index (χ1n) is 3.10. The second-order valence-corrected chi connectivity index (χ2v) is 4.12. The summed E-state index contributed by atoms with van der Waals surface area (Å²) in [4.78, 5) is 4.06. The van der Waals surface area contributed by atoms with Gasteiger partial charge in [0.05, 0.1) is 0 Å². The summed E-state index contributed by atoms with van der Waals surface area (Å²) >= 11 is 4.59. The van der Waals surface area contributed by atoms with E-state index in [0.717, 1.165) is 4.60 Å². The molecule has 1 heterocycles. The van der Waals surface area contributed by atoms with Crippen LogP contribution in [0.5, 0.6) is 0 Å². The van der Waals surface area contributed by atoms with Crippen molar-refractivity contribution in [1.29, 1.82) is 0 Å². The zero-order valence-electron chi connectivity index (χ0n) is 6.04. The first kappa shape index (κ1) is 9.12. The van der Waals surface area contributed by atoms with Gasteiger partial charge in [0.25, 0.3) is 0 Å². The molecule has 0 bridgehead atoms. The van der Waals surface area contributed by atoms with E-state index in [1.807, 2.05) is 5.38 Å². The zero-order chi connectivity index (χ0) is 8.48. The highest BCUT2D eigenvalue weighted by Crippen LogP contribution is 2.24. The van der Waals surface area contributed by atoms with Crippen LogP contribution in [0.25, 0.3) is 0 Å². The fraction of sp³-hybridized carbons (Fsp3) is 0.500. The first-order chi connectivity index (χ1) is 5.06. The quantitative estimate of drug-likeness (QED) is 0.808. The number of thiazole rings is 1. The maximum Gasteiger partial charge on any atom is 0.127 e. The second-order valence-electron chi connectivity index (χ2n) is 2.45. The summed E-state index contributed by atoms with van der Waals surface area (Å²) in [6.45, 7) is 1.84. The third-order valence-corrected chi connectivity index (χ3v) is 3.14. The predicted octanol–water partition coefficient (Wildman–Crippen LogP) is 1.07. The maximum atomic E-state index is 9.61. The molecule has 62 valence electrons. The van der Waals surface area contributed by atoms with Crippen LogP contribution >= 0.6 is 27.3 Å². The van der Waals surface area contributed by atoms with Crippen molar-refractivity contribution < 1.29 is 5.11 Å². The van der Waals surface area contributed by atoms with Crippen molar-refractivity contribution in [1.82, 2.24) is 4.98 Å². The minimum atomic E-state index is -0.989. The highest BCUT2D eigenvalue weighted by Gasteiger charge is 2.24. The smallest absolute Gasteiger partial charge is 0.127 e. The highest BCUT2D eigenvalue weighted by atomic mass is 79.9. The van der Waals surface area contributed by atoms with Gasteiger partial charge in [-0.1, -0.05) is 0 Å². The van der Waals surface area contributed by atoms with Gasteiger partial charge in [-0.2, -0.15) is 0 Å². The van der Waals surface area contributed by atoms with Gasteiger partial charge in [0, 0.05) is 11.9 Å². The molecule has 0 saturated carbocycles. The molecule has 0 aromatic carbocycles. The Hall–Kier alpha value is 0.0300. The Morgan fingerprint density at radius 3 is 2.91 bits per heavy atom. The number of hydrogen-bond donors (Lipinski definition) is 2. The molecular weight excluding hydrogens is 228 g/mol. The number of nitrogens with zero attached hydrogens (tertiary/aromatic N) is 1. The number of aliphatic hydroxyl groups is 1. The summed E-state index contributed by atoms with van der Waals surface area (Å²) < 4.78 is 0.742. The van der Waals surface area contributed by atoms with E-state index in [4.69, 9.17) is 5.73 Å². The molecule has 5 heteroatoms. The Labute approximate surface area is 77.4 Å². The summed E-state index contributed by atoms with van der Waals surface area (Å²) in [6, 6.07) is 0. The van der Waals surface area contributed by atoms with Crippen LogP contribution in [0, 0.1) is 0 Å². The lowest BCUT2D eigenvalue weighted by atomic mass is 10.1. The molecule has 1 rings (SSSR count). The topological polar surface area (TPSA) is 59.1 Å². The first-order valence-corrected chi connectivity index (χ1v) is 4.77. The van der Waals surface area contributed by atoms with Gasteiger partial charge >= 0.3 is 0 Å². The number of aromatic nitrogens is 1. The molecular formula is C6H9BrN2OS. The van der Waals surface area contributed by atoms with Crippen LogP contribution in [0.1, 0.15) is 11.9 Å². The van der Waals surface area contributed by atoms with E-state index in [-0.39, 0.29) is 6.54 Å². The molecule has 1 unspecified atom stereocenters. The van der Waals surface area contributed by atoms with Crippen molar-refractivity contribution in [3.8, 4) is 0 Å².